The molecule has 3 N–H and O–H groups in total. The van der Waals surface area contributed by atoms with Gasteiger partial charge in [0.25, 0.3) is 5.91 Å². The van der Waals surface area contributed by atoms with Crippen molar-refractivity contribution < 1.29 is 23.7 Å². The molecule has 166 valence electrons. The number of nitrogens with two attached hydrogens (primary N) is 1. The first kappa shape index (κ1) is 21.0. The van der Waals surface area contributed by atoms with Crippen molar-refractivity contribution in [2.75, 3.05) is 5.32 Å². The average Bonchev–Trinajstić information content (AvgIpc) is 2.84. The number of anilines is 1. The second-order valence-electron chi connectivity index (χ2n) is 7.60. The molecule has 3 aromatic carbocycles. The van der Waals surface area contributed by atoms with Crippen LogP contribution in [0, 0.1) is 0 Å². The molecule has 0 aliphatic carbocycles. The Kier molecular flexibility index (Phi) is 5.33. The second kappa shape index (κ2) is 8.61. The molecule has 0 aliphatic heterocycles. The summed E-state index contributed by atoms with van der Waals surface area (Å²) in [4.78, 5) is 47.9. The third-order valence-electron chi connectivity index (χ3n) is 5.25. The maximum Gasteiger partial charge on any atom is 0.347 e. The van der Waals surface area contributed by atoms with Crippen LogP contribution in [-0.4, -0.2) is 11.8 Å². The van der Waals surface area contributed by atoms with E-state index in [0.717, 1.165) is 0 Å². The number of carbonyl (C=O) groups excluding carboxylic acids is 2. The zero-order valence-electron chi connectivity index (χ0n) is 17.6. The fraction of sp³-hybridized carbons (Fsp3) is 0. The molecule has 0 bridgehead atoms. The molecule has 2 aromatic heterocycles. The number of primary amides is 1. The van der Waals surface area contributed by atoms with Crippen molar-refractivity contribution in [3.63, 3.8) is 0 Å². The van der Waals surface area contributed by atoms with Crippen molar-refractivity contribution in [3.8, 4) is 0 Å². The Morgan fingerprint density at radius 1 is 0.647 bits per heavy atom. The van der Waals surface area contributed by atoms with Crippen LogP contribution in [0.1, 0.15) is 20.7 Å². The van der Waals surface area contributed by atoms with Gasteiger partial charge in [0.05, 0.1) is 5.56 Å². The monoisotopic (exact) mass is 453 g/mol. The molecular formula is C26H17N2O6+. The number of quaternary nitrogens is 1. The molecule has 0 radical (unpaired) electrons. The summed E-state index contributed by atoms with van der Waals surface area (Å²) >= 11 is 0. The lowest BCUT2D eigenvalue weighted by Gasteiger charge is -2.07. The summed E-state index contributed by atoms with van der Waals surface area (Å²) in [5.74, 6) is -0.560. The number of benzene rings is 3. The topological polar surface area (TPSA) is 123 Å². The van der Waals surface area contributed by atoms with Crippen LogP contribution in [0.5, 0.6) is 0 Å². The third kappa shape index (κ3) is 4.38. The van der Waals surface area contributed by atoms with Crippen molar-refractivity contribution >= 4 is 45.1 Å². The van der Waals surface area contributed by atoms with Crippen LogP contribution >= 0.6 is 0 Å². The number of nitrogens with one attached hydrogen (secondary N) is 1. The van der Waals surface area contributed by atoms with Crippen LogP contribution in [0.15, 0.2) is 103 Å². The highest BCUT2D eigenvalue weighted by atomic mass is 16.4. The minimum atomic E-state index is -0.440. The maximum atomic E-state index is 12.7. The fourth-order valence-electron chi connectivity index (χ4n) is 3.55. The first-order valence-corrected chi connectivity index (χ1v) is 10.3. The van der Waals surface area contributed by atoms with Gasteiger partial charge < -0.3 is 14.2 Å². The van der Waals surface area contributed by atoms with Gasteiger partial charge in [0.15, 0.2) is 0 Å². The van der Waals surface area contributed by atoms with E-state index >= 15 is 0 Å². The molecule has 5 aromatic rings. The molecule has 2 amide bonds. The minimum absolute atomic E-state index is 0.222. The number of rotatable bonds is 4. The average molecular weight is 453 g/mol. The summed E-state index contributed by atoms with van der Waals surface area (Å²) < 4.78 is 10.2. The lowest BCUT2D eigenvalue weighted by molar-refractivity contribution is -0.463. The van der Waals surface area contributed by atoms with Gasteiger partial charge in [-0.05, 0) is 60.7 Å². The molecule has 0 spiro atoms. The molecule has 0 fully saturated rings. The molecular weight excluding hydrogens is 436 g/mol. The molecule has 0 atom stereocenters. The third-order valence-corrected chi connectivity index (χ3v) is 5.25. The van der Waals surface area contributed by atoms with Crippen LogP contribution in [0.4, 0.5) is 11.4 Å². The van der Waals surface area contributed by atoms with Gasteiger partial charge in [-0.1, -0.05) is 0 Å². The molecule has 0 aliphatic rings. The van der Waals surface area contributed by atoms with Gasteiger partial charge in [-0.25, -0.2) is 19.7 Å². The van der Waals surface area contributed by atoms with Crippen molar-refractivity contribution in [2.45, 2.75) is 0 Å². The molecule has 5 rings (SSSR count). The Morgan fingerprint density at radius 3 is 1.91 bits per heavy atom. The van der Waals surface area contributed by atoms with E-state index in [4.69, 9.17) is 8.83 Å². The normalized spacial score (nSPS) is 10.9. The molecule has 8 nitrogen and oxygen atoms in total. The number of hydrogen-bond acceptors (Lipinski definition) is 6. The summed E-state index contributed by atoms with van der Waals surface area (Å²) in [6.07, 6.45) is 0. The van der Waals surface area contributed by atoms with Crippen LogP contribution in [0.2, 0.25) is 0 Å². The summed E-state index contributed by atoms with van der Waals surface area (Å²) in [6, 6.07) is 22.3. The zero-order valence-corrected chi connectivity index (χ0v) is 17.6. The van der Waals surface area contributed by atoms with Crippen molar-refractivity contribution in [1.29, 1.82) is 0 Å². The van der Waals surface area contributed by atoms with Crippen LogP contribution in [0.25, 0.3) is 21.9 Å². The Morgan fingerprint density at radius 2 is 1.24 bits per heavy atom. The van der Waals surface area contributed by atoms with E-state index in [1.807, 2.05) is 0 Å². The molecule has 8 heteroatoms. The number of amides is 2. The van der Waals surface area contributed by atoms with Gasteiger partial charge >= 0.3 is 17.2 Å². The Balaban J connectivity index is 1.28. The smallest absolute Gasteiger partial charge is 0.347 e. The number of fused-ring (bicyclic) bond motifs is 2. The quantitative estimate of drug-likeness (QED) is 0.318. The van der Waals surface area contributed by atoms with Gasteiger partial charge in [0.1, 0.15) is 16.9 Å². The van der Waals surface area contributed by atoms with E-state index in [1.54, 1.807) is 72.8 Å². The zero-order chi connectivity index (χ0) is 23.7. The predicted molar refractivity (Wildman–Crippen MR) is 125 cm³/mol. The van der Waals surface area contributed by atoms with E-state index in [9.17, 15) is 19.2 Å². The van der Waals surface area contributed by atoms with Crippen molar-refractivity contribution in [2.24, 2.45) is 0 Å². The fourth-order valence-corrected chi connectivity index (χ4v) is 3.55. The van der Waals surface area contributed by atoms with Gasteiger partial charge in [-0.15, -0.1) is 0 Å². The van der Waals surface area contributed by atoms with Gasteiger partial charge in [-0.3, -0.25) is 4.79 Å². The number of hydrogen-bond donors (Lipinski definition) is 2. The molecule has 2 heterocycles. The van der Waals surface area contributed by atoms with Crippen LogP contribution in [0.3, 0.4) is 0 Å². The maximum absolute atomic E-state index is 12.7. The molecule has 0 saturated carbocycles. The van der Waals surface area contributed by atoms with Crippen LogP contribution < -0.4 is 21.9 Å². The Bertz CT molecular complexity index is 1560. The number of carbonyl (C=O) groups is 2. The van der Waals surface area contributed by atoms with E-state index in [2.05, 4.69) is 5.32 Å². The van der Waals surface area contributed by atoms with E-state index in [1.165, 1.54) is 17.4 Å². The van der Waals surface area contributed by atoms with Crippen LogP contribution in [-0.2, 0) is 0 Å². The largest absolute Gasteiger partial charge is 0.423 e. The van der Waals surface area contributed by atoms with Gasteiger partial charge in [0, 0.05) is 46.3 Å². The molecule has 0 saturated heterocycles. The lowest BCUT2D eigenvalue weighted by Crippen LogP contribution is -2.82. The SMILES string of the molecule is O=C(Nc1ccc2oc(=O)ccc2c1)c1ccc(C(=O)[NH2+]c2ccc3oc(=O)ccc3c2)cc1. The predicted octanol–water partition coefficient (Wildman–Crippen LogP) is 3.19. The second-order valence-corrected chi connectivity index (χ2v) is 7.60. The lowest BCUT2D eigenvalue weighted by atomic mass is 10.1. The summed E-state index contributed by atoms with van der Waals surface area (Å²) in [7, 11) is 0. The van der Waals surface area contributed by atoms with E-state index in [0.29, 0.717) is 44.4 Å². The van der Waals surface area contributed by atoms with Crippen molar-refractivity contribution in [1.82, 2.24) is 0 Å². The highest BCUT2D eigenvalue weighted by Gasteiger charge is 2.14. The highest BCUT2D eigenvalue weighted by Crippen LogP contribution is 2.19. The molecule has 0 unspecified atom stereocenters. The Labute approximate surface area is 191 Å². The summed E-state index contributed by atoms with van der Waals surface area (Å²) in [6.45, 7) is 0. The van der Waals surface area contributed by atoms with Gasteiger partial charge in [0.2, 0.25) is 0 Å². The Hall–Kier alpha value is -4.82. The molecule has 34 heavy (non-hydrogen) atoms. The first-order valence-electron chi connectivity index (χ1n) is 10.3. The summed E-state index contributed by atoms with van der Waals surface area (Å²) in [5, 5.41) is 5.67. The highest BCUT2D eigenvalue weighted by molar-refractivity contribution is 6.05. The van der Waals surface area contributed by atoms with Gasteiger partial charge in [-0.2, -0.15) is 0 Å². The summed E-state index contributed by atoms with van der Waals surface area (Å²) in [5.41, 5.74) is 2.04. The van der Waals surface area contributed by atoms with Crippen molar-refractivity contribution in [3.05, 3.63) is 117 Å². The minimum Gasteiger partial charge on any atom is -0.423 e. The first-order chi connectivity index (χ1) is 16.4. The van der Waals surface area contributed by atoms with E-state index < -0.39 is 11.3 Å². The standard InChI is InChI=1S/C26H16N2O6/c29-23-11-5-17-13-19(7-9-21(17)33-23)27-25(31)15-1-2-16(4-3-15)26(32)28-20-8-10-22-18(14-20)6-12-24(30)34-22/h1-14H,(H,27,31)(H,28,32)/p+1. The van der Waals surface area contributed by atoms with E-state index in [-0.39, 0.29) is 11.8 Å².